The molecule has 1 unspecified atom stereocenters. The summed E-state index contributed by atoms with van der Waals surface area (Å²) < 4.78 is 3.33. The average Bonchev–Trinajstić information content (AvgIpc) is 3.32. The van der Waals surface area contributed by atoms with Crippen molar-refractivity contribution in [3.63, 3.8) is 0 Å². The summed E-state index contributed by atoms with van der Waals surface area (Å²) in [5.74, 6) is 1.21. The number of halogens is 1. The van der Waals surface area contributed by atoms with Gasteiger partial charge in [0.1, 0.15) is 5.82 Å². The Morgan fingerprint density at radius 3 is 2.41 bits per heavy atom. The Kier molecular flexibility index (Phi) is 5.38. The van der Waals surface area contributed by atoms with Crippen LogP contribution < -0.4 is 4.90 Å². The number of hydrogen-bond donors (Lipinski definition) is 0. The molecule has 0 bridgehead atoms. The highest BCUT2D eigenvalue weighted by Crippen LogP contribution is 2.34. The Balaban J connectivity index is 1.55. The summed E-state index contributed by atoms with van der Waals surface area (Å²) in [5, 5.41) is 0. The predicted octanol–water partition coefficient (Wildman–Crippen LogP) is 6.29. The number of amides is 1. The van der Waals surface area contributed by atoms with Crippen molar-refractivity contribution < 1.29 is 4.79 Å². The minimum atomic E-state index is 0.0598. The first-order valence-electron chi connectivity index (χ1n) is 11.0. The third-order valence-corrected chi connectivity index (χ3v) is 7.00. The third-order valence-electron chi connectivity index (χ3n) is 6.47. The third kappa shape index (κ3) is 3.75. The van der Waals surface area contributed by atoms with E-state index in [1.165, 1.54) is 22.3 Å². The molecule has 0 spiro atoms. The highest BCUT2D eigenvalue weighted by Gasteiger charge is 2.35. The number of fused-ring (bicyclic) bond motifs is 1. The van der Waals surface area contributed by atoms with E-state index in [1.807, 2.05) is 35.2 Å². The van der Waals surface area contributed by atoms with E-state index in [0.29, 0.717) is 13.0 Å². The van der Waals surface area contributed by atoms with Crippen LogP contribution in [0, 0.1) is 20.8 Å². The van der Waals surface area contributed by atoms with Crippen LogP contribution in [0.1, 0.15) is 40.4 Å². The number of rotatable bonds is 4. The van der Waals surface area contributed by atoms with Gasteiger partial charge in [-0.15, -0.1) is 0 Å². The van der Waals surface area contributed by atoms with Crippen LogP contribution in [0.3, 0.4) is 0 Å². The van der Waals surface area contributed by atoms with Gasteiger partial charge in [-0.2, -0.15) is 0 Å². The van der Waals surface area contributed by atoms with E-state index in [9.17, 15) is 4.79 Å². The number of carbonyl (C=O) groups is 1. The van der Waals surface area contributed by atoms with Gasteiger partial charge in [-0.25, -0.2) is 4.98 Å². The SMILES string of the molecule is Cc1cc(C)c(Cn2c(C3CC(=O)N(c4ccc(Br)cc4)C3)nc3ccccc32)c(C)c1. The Morgan fingerprint density at radius 1 is 1.00 bits per heavy atom. The molecular formula is C27H26BrN3O. The number of anilines is 1. The van der Waals surface area contributed by atoms with Gasteiger partial charge in [-0.05, 0) is 73.9 Å². The molecule has 1 saturated heterocycles. The van der Waals surface area contributed by atoms with Crippen LogP contribution in [-0.4, -0.2) is 22.0 Å². The summed E-state index contributed by atoms with van der Waals surface area (Å²) in [6, 6.07) is 20.7. The molecule has 0 N–H and O–H groups in total. The molecule has 0 radical (unpaired) electrons. The number of imidazole rings is 1. The second-order valence-corrected chi connectivity index (χ2v) is 9.72. The van der Waals surface area contributed by atoms with E-state index in [-0.39, 0.29) is 11.8 Å². The summed E-state index contributed by atoms with van der Waals surface area (Å²) in [4.78, 5) is 19.9. The fourth-order valence-electron chi connectivity index (χ4n) is 4.94. The van der Waals surface area contributed by atoms with Crippen LogP contribution in [0.15, 0.2) is 65.1 Å². The Bertz CT molecular complexity index is 1300. The monoisotopic (exact) mass is 487 g/mol. The molecule has 1 aliphatic rings. The van der Waals surface area contributed by atoms with Crippen molar-refractivity contribution in [1.82, 2.24) is 9.55 Å². The van der Waals surface area contributed by atoms with Crippen LogP contribution in [0.5, 0.6) is 0 Å². The maximum Gasteiger partial charge on any atom is 0.227 e. The van der Waals surface area contributed by atoms with Crippen molar-refractivity contribution >= 4 is 38.6 Å². The van der Waals surface area contributed by atoms with Gasteiger partial charge in [-0.3, -0.25) is 4.79 Å². The average molecular weight is 488 g/mol. The van der Waals surface area contributed by atoms with Gasteiger partial charge in [0.15, 0.2) is 0 Å². The Morgan fingerprint density at radius 2 is 1.69 bits per heavy atom. The predicted molar refractivity (Wildman–Crippen MR) is 133 cm³/mol. The summed E-state index contributed by atoms with van der Waals surface area (Å²) >= 11 is 3.48. The maximum absolute atomic E-state index is 13.0. The Labute approximate surface area is 197 Å². The highest BCUT2D eigenvalue weighted by atomic mass is 79.9. The molecule has 0 aliphatic carbocycles. The smallest absolute Gasteiger partial charge is 0.227 e. The lowest BCUT2D eigenvalue weighted by atomic mass is 9.99. The van der Waals surface area contributed by atoms with Gasteiger partial charge in [0.2, 0.25) is 5.91 Å². The molecule has 1 fully saturated rings. The largest absolute Gasteiger partial charge is 0.323 e. The standard InChI is InChI=1S/C27H26BrN3O/c1-17-12-18(2)23(19(3)13-17)16-31-25-7-5-4-6-24(25)29-27(31)20-14-26(32)30(15-20)22-10-8-21(28)9-11-22/h4-13,20H,14-16H2,1-3H3. The zero-order valence-electron chi connectivity index (χ0n) is 18.6. The maximum atomic E-state index is 13.0. The number of nitrogens with zero attached hydrogens (tertiary/aromatic N) is 3. The lowest BCUT2D eigenvalue weighted by Gasteiger charge is -2.19. The topological polar surface area (TPSA) is 38.1 Å². The van der Waals surface area contributed by atoms with Crippen molar-refractivity contribution in [3.05, 3.63) is 93.2 Å². The normalized spacial score (nSPS) is 16.3. The van der Waals surface area contributed by atoms with E-state index >= 15 is 0 Å². The van der Waals surface area contributed by atoms with E-state index in [4.69, 9.17) is 4.98 Å². The first kappa shape index (κ1) is 21.0. The summed E-state index contributed by atoms with van der Waals surface area (Å²) in [7, 11) is 0. The molecule has 2 heterocycles. The molecule has 4 nitrogen and oxygen atoms in total. The molecule has 5 rings (SSSR count). The van der Waals surface area contributed by atoms with Crippen molar-refractivity contribution in [3.8, 4) is 0 Å². The van der Waals surface area contributed by atoms with Crippen LogP contribution >= 0.6 is 15.9 Å². The molecule has 1 atom stereocenters. The van der Waals surface area contributed by atoms with Gasteiger partial charge in [-0.1, -0.05) is 45.8 Å². The molecule has 32 heavy (non-hydrogen) atoms. The molecule has 1 aromatic heterocycles. The molecular weight excluding hydrogens is 462 g/mol. The van der Waals surface area contributed by atoms with Crippen LogP contribution in [0.4, 0.5) is 5.69 Å². The molecule has 0 saturated carbocycles. The summed E-state index contributed by atoms with van der Waals surface area (Å²) in [5.41, 5.74) is 8.25. The van der Waals surface area contributed by atoms with Crippen molar-refractivity contribution in [2.24, 2.45) is 0 Å². The lowest BCUT2D eigenvalue weighted by Crippen LogP contribution is -2.24. The number of aryl methyl sites for hydroxylation is 3. The fourth-order valence-corrected chi connectivity index (χ4v) is 5.20. The highest BCUT2D eigenvalue weighted by molar-refractivity contribution is 9.10. The number of para-hydroxylation sites is 2. The molecule has 4 aromatic rings. The first-order chi connectivity index (χ1) is 15.4. The molecule has 1 aliphatic heterocycles. The zero-order valence-corrected chi connectivity index (χ0v) is 20.2. The van der Waals surface area contributed by atoms with Gasteiger partial charge in [0.25, 0.3) is 0 Å². The van der Waals surface area contributed by atoms with E-state index in [0.717, 1.165) is 33.6 Å². The lowest BCUT2D eigenvalue weighted by molar-refractivity contribution is -0.117. The van der Waals surface area contributed by atoms with Crippen LogP contribution in [0.2, 0.25) is 0 Å². The first-order valence-corrected chi connectivity index (χ1v) is 11.8. The number of benzene rings is 3. The minimum absolute atomic E-state index is 0.0598. The van der Waals surface area contributed by atoms with Crippen LogP contribution in [0.25, 0.3) is 11.0 Å². The second kappa shape index (κ2) is 8.21. The van der Waals surface area contributed by atoms with Gasteiger partial charge >= 0.3 is 0 Å². The van der Waals surface area contributed by atoms with Crippen molar-refractivity contribution in [2.75, 3.05) is 11.4 Å². The fraction of sp³-hybridized carbons (Fsp3) is 0.259. The minimum Gasteiger partial charge on any atom is -0.323 e. The summed E-state index contributed by atoms with van der Waals surface area (Å²) in [6.45, 7) is 7.92. The van der Waals surface area contributed by atoms with Gasteiger partial charge in [0.05, 0.1) is 11.0 Å². The quantitative estimate of drug-likeness (QED) is 0.339. The van der Waals surface area contributed by atoms with Crippen LogP contribution in [-0.2, 0) is 11.3 Å². The number of carbonyl (C=O) groups excluding carboxylic acids is 1. The molecule has 162 valence electrons. The van der Waals surface area contributed by atoms with Crippen molar-refractivity contribution in [2.45, 2.75) is 39.7 Å². The van der Waals surface area contributed by atoms with E-state index in [2.05, 4.69) is 71.6 Å². The zero-order chi connectivity index (χ0) is 22.4. The summed E-state index contributed by atoms with van der Waals surface area (Å²) in [6.07, 6.45) is 0.477. The Hall–Kier alpha value is -2.92. The van der Waals surface area contributed by atoms with Gasteiger partial charge < -0.3 is 9.47 Å². The second-order valence-electron chi connectivity index (χ2n) is 8.80. The molecule has 3 aromatic carbocycles. The van der Waals surface area contributed by atoms with E-state index in [1.54, 1.807) is 0 Å². The van der Waals surface area contributed by atoms with Gasteiger partial charge in [0, 0.05) is 35.6 Å². The number of hydrogen-bond acceptors (Lipinski definition) is 2. The van der Waals surface area contributed by atoms with Crippen molar-refractivity contribution in [1.29, 1.82) is 0 Å². The number of aromatic nitrogens is 2. The molecule has 1 amide bonds. The van der Waals surface area contributed by atoms with E-state index < -0.39 is 0 Å². The molecule has 5 heteroatoms.